The first-order valence-electron chi connectivity index (χ1n) is 6.74. The highest BCUT2D eigenvalue weighted by Gasteiger charge is 2.38. The molecule has 104 valence electrons. The number of hydrogen-bond acceptors (Lipinski definition) is 3. The van der Waals surface area contributed by atoms with Crippen molar-refractivity contribution in [1.82, 2.24) is 5.32 Å². The van der Waals surface area contributed by atoms with Crippen LogP contribution >= 0.6 is 11.6 Å². The van der Waals surface area contributed by atoms with Gasteiger partial charge >= 0.3 is 5.97 Å². The van der Waals surface area contributed by atoms with Gasteiger partial charge in [-0.1, -0.05) is 23.7 Å². The second kappa shape index (κ2) is 5.93. The fourth-order valence-electron chi connectivity index (χ4n) is 2.04. The van der Waals surface area contributed by atoms with E-state index >= 15 is 0 Å². The Balaban J connectivity index is 2.22. The van der Waals surface area contributed by atoms with E-state index in [4.69, 9.17) is 16.3 Å². The minimum absolute atomic E-state index is 0.252. The van der Waals surface area contributed by atoms with Crippen LogP contribution in [0.15, 0.2) is 24.3 Å². The summed E-state index contributed by atoms with van der Waals surface area (Å²) in [6.07, 6.45) is 2.48. The normalized spacial score (nSPS) is 17.8. The number of ether oxygens (including phenoxy) is 1. The summed E-state index contributed by atoms with van der Waals surface area (Å²) in [7, 11) is 0. The number of hydrogen-bond donors (Lipinski definition) is 1. The molecule has 0 aromatic heterocycles. The molecule has 0 amide bonds. The van der Waals surface area contributed by atoms with Crippen LogP contribution in [-0.4, -0.2) is 19.1 Å². The molecule has 1 atom stereocenters. The number of nitrogens with one attached hydrogen (secondary N) is 1. The Hall–Kier alpha value is -1.06. The lowest BCUT2D eigenvalue weighted by atomic mass is 9.91. The SMILES string of the molecule is CCOC(=O)C(C)(NCC1CC1)c1cccc(Cl)c1. The standard InChI is InChI=1S/C15H20ClNO2/c1-3-19-14(18)15(2,17-10-11-7-8-11)12-5-4-6-13(16)9-12/h4-6,9,11,17H,3,7-8,10H2,1-2H3. The van der Waals surface area contributed by atoms with Crippen LogP contribution in [0.5, 0.6) is 0 Å². The first-order chi connectivity index (χ1) is 9.06. The Morgan fingerprint density at radius 3 is 2.84 bits per heavy atom. The number of rotatable bonds is 6. The Labute approximate surface area is 119 Å². The lowest BCUT2D eigenvalue weighted by molar-refractivity contribution is -0.151. The first kappa shape index (κ1) is 14.4. The van der Waals surface area contributed by atoms with Crippen molar-refractivity contribution in [2.75, 3.05) is 13.2 Å². The van der Waals surface area contributed by atoms with Gasteiger partial charge in [-0.3, -0.25) is 5.32 Å². The Bertz CT molecular complexity index is 459. The van der Waals surface area contributed by atoms with Crippen molar-refractivity contribution >= 4 is 17.6 Å². The quantitative estimate of drug-likeness (QED) is 0.814. The predicted molar refractivity (Wildman–Crippen MR) is 76.2 cm³/mol. The number of halogens is 1. The topological polar surface area (TPSA) is 38.3 Å². The molecule has 0 aliphatic heterocycles. The van der Waals surface area contributed by atoms with Gasteiger partial charge in [0.1, 0.15) is 5.54 Å². The highest BCUT2D eigenvalue weighted by Crippen LogP contribution is 2.31. The van der Waals surface area contributed by atoms with Crippen molar-refractivity contribution in [2.45, 2.75) is 32.2 Å². The summed E-state index contributed by atoms with van der Waals surface area (Å²) in [4.78, 5) is 12.3. The van der Waals surface area contributed by atoms with E-state index in [1.165, 1.54) is 12.8 Å². The zero-order valence-corrected chi connectivity index (χ0v) is 12.2. The Kier molecular flexibility index (Phi) is 4.48. The molecule has 3 nitrogen and oxygen atoms in total. The molecule has 0 bridgehead atoms. The fraction of sp³-hybridized carbons (Fsp3) is 0.533. The van der Waals surface area contributed by atoms with Gasteiger partial charge in [0, 0.05) is 5.02 Å². The highest BCUT2D eigenvalue weighted by molar-refractivity contribution is 6.30. The monoisotopic (exact) mass is 281 g/mol. The highest BCUT2D eigenvalue weighted by atomic mass is 35.5. The summed E-state index contributed by atoms with van der Waals surface area (Å²) < 4.78 is 5.21. The van der Waals surface area contributed by atoms with Gasteiger partial charge in [-0.15, -0.1) is 0 Å². The van der Waals surface area contributed by atoms with Crippen LogP contribution in [0, 0.1) is 5.92 Å². The summed E-state index contributed by atoms with van der Waals surface area (Å²) in [5.41, 5.74) is 0.0165. The minimum atomic E-state index is -0.830. The molecule has 1 fully saturated rings. The average Bonchev–Trinajstić information content (AvgIpc) is 3.20. The second-order valence-corrected chi connectivity index (χ2v) is 5.62. The summed E-state index contributed by atoms with van der Waals surface area (Å²) in [5.74, 6) is 0.436. The van der Waals surface area contributed by atoms with Crippen LogP contribution < -0.4 is 5.32 Å². The molecule has 1 aromatic carbocycles. The van der Waals surface area contributed by atoms with Crippen molar-refractivity contribution < 1.29 is 9.53 Å². The van der Waals surface area contributed by atoms with E-state index < -0.39 is 5.54 Å². The molecule has 0 saturated heterocycles. The van der Waals surface area contributed by atoms with E-state index in [2.05, 4.69) is 5.32 Å². The Morgan fingerprint density at radius 1 is 1.53 bits per heavy atom. The van der Waals surface area contributed by atoms with E-state index in [0.717, 1.165) is 12.1 Å². The van der Waals surface area contributed by atoms with E-state index in [1.807, 2.05) is 32.0 Å². The third kappa shape index (κ3) is 3.48. The number of benzene rings is 1. The molecular formula is C15H20ClNO2. The second-order valence-electron chi connectivity index (χ2n) is 5.18. The summed E-state index contributed by atoms with van der Waals surface area (Å²) >= 11 is 6.03. The molecule has 1 N–H and O–H groups in total. The number of esters is 1. The summed E-state index contributed by atoms with van der Waals surface area (Å²) in [6, 6.07) is 7.38. The van der Waals surface area contributed by atoms with Crippen molar-refractivity contribution in [3.05, 3.63) is 34.9 Å². The summed E-state index contributed by atoms with van der Waals surface area (Å²) in [5, 5.41) is 3.98. The third-order valence-electron chi connectivity index (χ3n) is 3.53. The largest absolute Gasteiger partial charge is 0.464 e. The smallest absolute Gasteiger partial charge is 0.330 e. The molecule has 0 heterocycles. The van der Waals surface area contributed by atoms with E-state index in [1.54, 1.807) is 6.07 Å². The molecule has 0 spiro atoms. The molecular weight excluding hydrogens is 262 g/mol. The number of carbonyl (C=O) groups excluding carboxylic acids is 1. The number of carbonyl (C=O) groups is 1. The maximum absolute atomic E-state index is 12.3. The molecule has 1 aromatic rings. The van der Waals surface area contributed by atoms with Crippen LogP contribution in [0.1, 0.15) is 32.3 Å². The molecule has 1 unspecified atom stereocenters. The predicted octanol–water partition coefficient (Wildman–Crippen LogP) is 3.12. The van der Waals surface area contributed by atoms with Gasteiger partial charge in [-0.25, -0.2) is 4.79 Å². The molecule has 0 radical (unpaired) electrons. The maximum atomic E-state index is 12.3. The molecule has 1 saturated carbocycles. The zero-order valence-electron chi connectivity index (χ0n) is 11.4. The molecule has 2 rings (SSSR count). The van der Waals surface area contributed by atoms with Crippen LogP contribution in [0.2, 0.25) is 5.02 Å². The van der Waals surface area contributed by atoms with E-state index in [0.29, 0.717) is 17.5 Å². The van der Waals surface area contributed by atoms with Crippen LogP contribution in [0.25, 0.3) is 0 Å². The lowest BCUT2D eigenvalue weighted by Crippen LogP contribution is -2.48. The maximum Gasteiger partial charge on any atom is 0.330 e. The first-order valence-corrected chi connectivity index (χ1v) is 7.12. The van der Waals surface area contributed by atoms with Gasteiger partial charge < -0.3 is 4.74 Å². The lowest BCUT2D eigenvalue weighted by Gasteiger charge is -2.29. The van der Waals surface area contributed by atoms with Gasteiger partial charge in [0.2, 0.25) is 0 Å². The van der Waals surface area contributed by atoms with Gasteiger partial charge in [0.15, 0.2) is 0 Å². The van der Waals surface area contributed by atoms with E-state index in [9.17, 15) is 4.79 Å². The van der Waals surface area contributed by atoms with Gasteiger partial charge in [-0.2, -0.15) is 0 Å². The molecule has 4 heteroatoms. The summed E-state index contributed by atoms with van der Waals surface area (Å²) in [6.45, 7) is 4.89. The van der Waals surface area contributed by atoms with Crippen molar-refractivity contribution in [1.29, 1.82) is 0 Å². The average molecular weight is 282 g/mol. The van der Waals surface area contributed by atoms with Gasteiger partial charge in [0.25, 0.3) is 0 Å². The fourth-order valence-corrected chi connectivity index (χ4v) is 2.23. The Morgan fingerprint density at radius 2 is 2.26 bits per heavy atom. The minimum Gasteiger partial charge on any atom is -0.464 e. The molecule has 1 aliphatic rings. The van der Waals surface area contributed by atoms with Crippen molar-refractivity contribution in [3.8, 4) is 0 Å². The zero-order chi connectivity index (χ0) is 13.9. The van der Waals surface area contributed by atoms with Crippen LogP contribution in [-0.2, 0) is 15.1 Å². The molecule has 19 heavy (non-hydrogen) atoms. The van der Waals surface area contributed by atoms with E-state index in [-0.39, 0.29) is 5.97 Å². The third-order valence-corrected chi connectivity index (χ3v) is 3.76. The van der Waals surface area contributed by atoms with Crippen LogP contribution in [0.4, 0.5) is 0 Å². The van der Waals surface area contributed by atoms with Crippen LogP contribution in [0.3, 0.4) is 0 Å². The van der Waals surface area contributed by atoms with Crippen molar-refractivity contribution in [2.24, 2.45) is 5.92 Å². The van der Waals surface area contributed by atoms with Gasteiger partial charge in [-0.05, 0) is 56.8 Å². The van der Waals surface area contributed by atoms with Crippen molar-refractivity contribution in [3.63, 3.8) is 0 Å². The molecule has 1 aliphatic carbocycles. The van der Waals surface area contributed by atoms with Gasteiger partial charge in [0.05, 0.1) is 6.61 Å².